The van der Waals surface area contributed by atoms with E-state index in [-0.39, 0.29) is 5.91 Å². The minimum atomic E-state index is -0.937. The summed E-state index contributed by atoms with van der Waals surface area (Å²) in [6.45, 7) is 3.34. The SMILES string of the molecule is COc1ccc(C2=NO[C@@](C)(C(=O)NCCCN(C)C)C2)cc1. The highest BCUT2D eigenvalue weighted by molar-refractivity contribution is 6.05. The number of ether oxygens (including phenoxy) is 1. The van der Waals surface area contributed by atoms with E-state index in [2.05, 4.69) is 15.4 Å². The molecule has 0 fully saturated rings. The molecule has 1 aromatic rings. The van der Waals surface area contributed by atoms with Crippen LogP contribution in [0.25, 0.3) is 0 Å². The lowest BCUT2D eigenvalue weighted by atomic mass is 9.95. The molecule has 1 aromatic carbocycles. The van der Waals surface area contributed by atoms with Crippen LogP contribution < -0.4 is 10.1 Å². The highest BCUT2D eigenvalue weighted by Gasteiger charge is 2.41. The fourth-order valence-electron chi connectivity index (χ4n) is 2.38. The van der Waals surface area contributed by atoms with Crippen molar-refractivity contribution >= 4 is 11.6 Å². The van der Waals surface area contributed by atoms with E-state index in [4.69, 9.17) is 9.57 Å². The summed E-state index contributed by atoms with van der Waals surface area (Å²) >= 11 is 0. The molecule has 1 aliphatic rings. The predicted molar refractivity (Wildman–Crippen MR) is 89.8 cm³/mol. The third-order valence-corrected chi connectivity index (χ3v) is 3.83. The maximum Gasteiger partial charge on any atom is 0.267 e. The van der Waals surface area contributed by atoms with Crippen LogP contribution in [-0.4, -0.2) is 56.4 Å². The monoisotopic (exact) mass is 319 g/mol. The van der Waals surface area contributed by atoms with Gasteiger partial charge in [0.15, 0.2) is 0 Å². The summed E-state index contributed by atoms with van der Waals surface area (Å²) in [6, 6.07) is 7.58. The van der Waals surface area contributed by atoms with Crippen molar-refractivity contribution in [1.29, 1.82) is 0 Å². The molecule has 1 N–H and O–H groups in total. The number of amides is 1. The number of oxime groups is 1. The van der Waals surface area contributed by atoms with Gasteiger partial charge < -0.3 is 19.8 Å². The summed E-state index contributed by atoms with van der Waals surface area (Å²) in [7, 11) is 5.65. The minimum absolute atomic E-state index is 0.122. The molecule has 0 saturated carbocycles. The molecule has 6 nitrogen and oxygen atoms in total. The van der Waals surface area contributed by atoms with Crippen LogP contribution in [0.15, 0.2) is 29.4 Å². The zero-order valence-corrected chi connectivity index (χ0v) is 14.3. The second-order valence-electron chi connectivity index (χ2n) is 6.18. The first kappa shape index (κ1) is 17.3. The molecule has 0 aliphatic carbocycles. The standard InChI is InChI=1S/C17H25N3O3/c1-17(16(21)18-10-5-11-20(2)3)12-15(19-23-17)13-6-8-14(22-4)9-7-13/h6-9H,5,10-12H2,1-4H3,(H,18,21)/t17-/m1/s1. The molecule has 1 heterocycles. The number of rotatable bonds is 7. The van der Waals surface area contributed by atoms with Crippen LogP contribution in [0.2, 0.25) is 0 Å². The van der Waals surface area contributed by atoms with Gasteiger partial charge in [-0.15, -0.1) is 0 Å². The Balaban J connectivity index is 1.89. The molecule has 2 rings (SSSR count). The first-order chi connectivity index (χ1) is 10.9. The van der Waals surface area contributed by atoms with Gasteiger partial charge in [-0.3, -0.25) is 4.79 Å². The molecule has 1 aliphatic heterocycles. The van der Waals surface area contributed by atoms with Crippen molar-refractivity contribution in [1.82, 2.24) is 10.2 Å². The molecule has 0 spiro atoms. The molecule has 0 radical (unpaired) electrons. The minimum Gasteiger partial charge on any atom is -0.497 e. The number of carbonyl (C=O) groups excluding carboxylic acids is 1. The third-order valence-electron chi connectivity index (χ3n) is 3.83. The van der Waals surface area contributed by atoms with Crippen LogP contribution in [0.1, 0.15) is 25.3 Å². The Bertz CT molecular complexity index is 569. The van der Waals surface area contributed by atoms with Crippen LogP contribution in [-0.2, 0) is 9.63 Å². The van der Waals surface area contributed by atoms with E-state index in [0.29, 0.717) is 13.0 Å². The summed E-state index contributed by atoms with van der Waals surface area (Å²) in [5.74, 6) is 0.665. The Labute approximate surface area is 137 Å². The number of nitrogens with zero attached hydrogens (tertiary/aromatic N) is 2. The lowest BCUT2D eigenvalue weighted by Gasteiger charge is -2.20. The van der Waals surface area contributed by atoms with Crippen LogP contribution in [0.5, 0.6) is 5.75 Å². The van der Waals surface area contributed by atoms with Gasteiger partial charge in [-0.25, -0.2) is 0 Å². The molecule has 0 aromatic heterocycles. The number of benzene rings is 1. The molecule has 0 bridgehead atoms. The fourth-order valence-corrected chi connectivity index (χ4v) is 2.38. The zero-order chi connectivity index (χ0) is 16.9. The van der Waals surface area contributed by atoms with Gasteiger partial charge in [0.05, 0.1) is 12.8 Å². The first-order valence-corrected chi connectivity index (χ1v) is 7.77. The lowest BCUT2D eigenvalue weighted by molar-refractivity contribution is -0.141. The lowest BCUT2D eigenvalue weighted by Crippen LogP contribution is -2.45. The van der Waals surface area contributed by atoms with Gasteiger partial charge in [0.1, 0.15) is 5.75 Å². The van der Waals surface area contributed by atoms with E-state index >= 15 is 0 Å². The Morgan fingerprint density at radius 3 is 2.70 bits per heavy atom. The van der Waals surface area contributed by atoms with Crippen LogP contribution >= 0.6 is 0 Å². The van der Waals surface area contributed by atoms with Crippen LogP contribution in [0.3, 0.4) is 0 Å². The topological polar surface area (TPSA) is 63.2 Å². The highest BCUT2D eigenvalue weighted by Crippen LogP contribution is 2.27. The Kier molecular flexibility index (Phi) is 5.60. The van der Waals surface area contributed by atoms with Gasteiger partial charge >= 0.3 is 0 Å². The maximum absolute atomic E-state index is 12.3. The summed E-state index contributed by atoms with van der Waals surface area (Å²) in [5.41, 5.74) is 0.779. The fraction of sp³-hybridized carbons (Fsp3) is 0.529. The smallest absolute Gasteiger partial charge is 0.267 e. The number of hydrogen-bond acceptors (Lipinski definition) is 5. The maximum atomic E-state index is 12.3. The molecular formula is C17H25N3O3. The zero-order valence-electron chi connectivity index (χ0n) is 14.3. The van der Waals surface area contributed by atoms with Crippen molar-refractivity contribution in [3.05, 3.63) is 29.8 Å². The number of nitrogens with one attached hydrogen (secondary N) is 1. The predicted octanol–water partition coefficient (Wildman–Crippen LogP) is 1.65. The van der Waals surface area contributed by atoms with Crippen molar-refractivity contribution in [3.63, 3.8) is 0 Å². The van der Waals surface area contributed by atoms with Gasteiger partial charge in [0.2, 0.25) is 5.60 Å². The van der Waals surface area contributed by atoms with Crippen molar-refractivity contribution in [3.8, 4) is 5.75 Å². The first-order valence-electron chi connectivity index (χ1n) is 7.77. The van der Waals surface area contributed by atoms with E-state index in [9.17, 15) is 4.79 Å². The molecule has 1 amide bonds. The quantitative estimate of drug-likeness (QED) is 0.776. The van der Waals surface area contributed by atoms with Crippen molar-refractivity contribution < 1.29 is 14.4 Å². The Hall–Kier alpha value is -2.08. The number of hydrogen-bond donors (Lipinski definition) is 1. The largest absolute Gasteiger partial charge is 0.497 e. The van der Waals surface area contributed by atoms with Gasteiger partial charge in [-0.1, -0.05) is 5.16 Å². The number of carbonyl (C=O) groups is 1. The van der Waals surface area contributed by atoms with Crippen molar-refractivity contribution in [2.75, 3.05) is 34.3 Å². The third kappa shape index (κ3) is 4.45. The molecule has 23 heavy (non-hydrogen) atoms. The molecule has 0 saturated heterocycles. The Morgan fingerprint density at radius 1 is 1.39 bits per heavy atom. The van der Waals surface area contributed by atoms with E-state index in [1.54, 1.807) is 14.0 Å². The summed E-state index contributed by atoms with van der Waals surface area (Å²) < 4.78 is 5.14. The summed E-state index contributed by atoms with van der Waals surface area (Å²) in [4.78, 5) is 19.9. The van der Waals surface area contributed by atoms with Crippen molar-refractivity contribution in [2.45, 2.75) is 25.4 Å². The second kappa shape index (κ2) is 7.46. The average Bonchev–Trinajstić information content (AvgIpc) is 2.95. The summed E-state index contributed by atoms with van der Waals surface area (Å²) in [6.07, 6.45) is 1.36. The van der Waals surface area contributed by atoms with Gasteiger partial charge in [0, 0.05) is 13.0 Å². The second-order valence-corrected chi connectivity index (χ2v) is 6.18. The van der Waals surface area contributed by atoms with E-state index in [1.165, 1.54) is 0 Å². The van der Waals surface area contributed by atoms with Crippen LogP contribution in [0, 0.1) is 0 Å². The van der Waals surface area contributed by atoms with Gasteiger partial charge in [-0.2, -0.15) is 0 Å². The van der Waals surface area contributed by atoms with Crippen LogP contribution in [0.4, 0.5) is 0 Å². The van der Waals surface area contributed by atoms with Crippen molar-refractivity contribution in [2.24, 2.45) is 5.16 Å². The molecule has 6 heteroatoms. The molecule has 126 valence electrons. The number of methoxy groups -OCH3 is 1. The molecule has 0 unspecified atom stereocenters. The summed E-state index contributed by atoms with van der Waals surface area (Å²) in [5, 5.41) is 7.03. The van der Waals surface area contributed by atoms with Gasteiger partial charge in [0.25, 0.3) is 5.91 Å². The Morgan fingerprint density at radius 2 is 2.09 bits per heavy atom. The normalized spacial score (nSPS) is 20.1. The average molecular weight is 319 g/mol. The van der Waals surface area contributed by atoms with E-state index in [0.717, 1.165) is 30.0 Å². The van der Waals surface area contributed by atoms with E-state index in [1.807, 2.05) is 38.4 Å². The van der Waals surface area contributed by atoms with Gasteiger partial charge in [-0.05, 0) is 63.8 Å². The highest BCUT2D eigenvalue weighted by atomic mass is 16.7. The molecule has 1 atom stereocenters. The molecular weight excluding hydrogens is 294 g/mol. The van der Waals surface area contributed by atoms with E-state index < -0.39 is 5.60 Å².